The molecule has 3 aliphatic carbocycles. The number of benzene rings is 1. The third-order valence-electron chi connectivity index (χ3n) is 5.78. The second kappa shape index (κ2) is 5.22. The van der Waals surface area contributed by atoms with Crippen LogP contribution in [-0.4, -0.2) is 6.61 Å². The molecule has 5 unspecified atom stereocenters. The van der Waals surface area contributed by atoms with Crippen LogP contribution < -0.4 is 4.74 Å². The Balaban J connectivity index is 1.58. The van der Waals surface area contributed by atoms with E-state index in [0.717, 1.165) is 29.2 Å². The van der Waals surface area contributed by atoms with Crippen LogP contribution in [0.4, 0.5) is 0 Å². The quantitative estimate of drug-likeness (QED) is 0.611. The van der Waals surface area contributed by atoms with Crippen LogP contribution in [0.5, 0.6) is 5.75 Å². The van der Waals surface area contributed by atoms with Gasteiger partial charge in [0.1, 0.15) is 5.75 Å². The van der Waals surface area contributed by atoms with Gasteiger partial charge >= 0.3 is 0 Å². The van der Waals surface area contributed by atoms with E-state index in [4.69, 9.17) is 39.5 Å². The van der Waals surface area contributed by atoms with E-state index in [1.165, 1.54) is 19.3 Å². The predicted octanol–water partition coefficient (Wildman–Crippen LogP) is 5.96. The molecule has 0 aliphatic heterocycles. The first-order chi connectivity index (χ1) is 10.1. The first-order valence-electron chi connectivity index (χ1n) is 7.87. The zero-order chi connectivity index (χ0) is 14.7. The van der Waals surface area contributed by atoms with E-state index in [-0.39, 0.29) is 5.38 Å². The van der Waals surface area contributed by atoms with Gasteiger partial charge in [-0.25, -0.2) is 0 Å². The van der Waals surface area contributed by atoms with Crippen LogP contribution in [0.2, 0.25) is 10.0 Å². The van der Waals surface area contributed by atoms with Crippen LogP contribution >= 0.6 is 34.8 Å². The Morgan fingerprint density at radius 3 is 2.43 bits per heavy atom. The zero-order valence-electron chi connectivity index (χ0n) is 12.0. The minimum Gasteiger partial charge on any atom is -0.492 e. The van der Waals surface area contributed by atoms with Gasteiger partial charge < -0.3 is 4.74 Å². The van der Waals surface area contributed by atoms with Crippen LogP contribution in [0.1, 0.15) is 37.1 Å². The molecule has 0 saturated heterocycles. The van der Waals surface area contributed by atoms with Crippen molar-refractivity contribution in [3.05, 3.63) is 27.7 Å². The van der Waals surface area contributed by atoms with Gasteiger partial charge in [0.05, 0.1) is 17.0 Å². The van der Waals surface area contributed by atoms with Crippen molar-refractivity contribution >= 4 is 34.8 Å². The monoisotopic (exact) mass is 344 g/mol. The standard InChI is InChI=1S/C17H19Cl3O/c1-2-21-13-7-11(18)10(6-12(13)19)17(20)16-14-8-3-4-9(5-8)15(14)16/h6-9,14-17H,2-5H2,1H3. The largest absolute Gasteiger partial charge is 0.492 e. The second-order valence-electron chi connectivity index (χ2n) is 6.70. The number of hydrogen-bond acceptors (Lipinski definition) is 1. The number of fused-ring (bicyclic) bond motifs is 5. The van der Waals surface area contributed by atoms with Crippen molar-refractivity contribution in [2.75, 3.05) is 6.61 Å². The van der Waals surface area contributed by atoms with Crippen molar-refractivity contribution in [1.29, 1.82) is 0 Å². The SMILES string of the molecule is CCOc1cc(Cl)c(C(Cl)C2C3C4CCC(C4)C32)cc1Cl. The summed E-state index contributed by atoms with van der Waals surface area (Å²) in [5, 5.41) is 1.28. The average Bonchev–Trinajstić information content (AvgIpc) is 2.89. The van der Waals surface area contributed by atoms with Crippen molar-refractivity contribution in [3.63, 3.8) is 0 Å². The summed E-state index contributed by atoms with van der Waals surface area (Å²) in [5.41, 5.74) is 0.977. The van der Waals surface area contributed by atoms with Crippen LogP contribution in [-0.2, 0) is 0 Å². The highest BCUT2D eigenvalue weighted by Crippen LogP contribution is 2.73. The Bertz CT molecular complexity index is 557. The fourth-order valence-corrected chi connectivity index (χ4v) is 6.08. The average molecular weight is 346 g/mol. The Hall–Kier alpha value is -0.110. The molecule has 1 aromatic rings. The van der Waals surface area contributed by atoms with E-state index < -0.39 is 0 Å². The summed E-state index contributed by atoms with van der Waals surface area (Å²) in [7, 11) is 0. The molecule has 0 heterocycles. The summed E-state index contributed by atoms with van der Waals surface area (Å²) in [5.74, 6) is 4.77. The molecule has 1 nitrogen and oxygen atoms in total. The number of halogens is 3. The molecule has 5 atom stereocenters. The third-order valence-corrected chi connectivity index (χ3v) is 6.93. The maximum atomic E-state index is 6.79. The van der Waals surface area contributed by atoms with E-state index in [1.54, 1.807) is 0 Å². The molecule has 1 aromatic carbocycles. The third kappa shape index (κ3) is 2.19. The highest BCUT2D eigenvalue weighted by atomic mass is 35.5. The molecule has 0 amide bonds. The Kier molecular flexibility index (Phi) is 3.60. The molecule has 4 heteroatoms. The summed E-state index contributed by atoms with van der Waals surface area (Å²) in [6.45, 7) is 2.51. The van der Waals surface area contributed by atoms with E-state index in [2.05, 4.69) is 0 Å². The Morgan fingerprint density at radius 2 is 1.81 bits per heavy atom. The minimum atomic E-state index is -0.0101. The predicted molar refractivity (Wildman–Crippen MR) is 87.5 cm³/mol. The maximum absolute atomic E-state index is 6.79. The van der Waals surface area contributed by atoms with Crippen molar-refractivity contribution in [3.8, 4) is 5.75 Å². The highest BCUT2D eigenvalue weighted by Gasteiger charge is 2.66. The lowest BCUT2D eigenvalue weighted by molar-refractivity contribution is 0.340. The summed E-state index contributed by atoms with van der Waals surface area (Å²) in [4.78, 5) is 0. The zero-order valence-corrected chi connectivity index (χ0v) is 14.3. The summed E-state index contributed by atoms with van der Waals surface area (Å²) < 4.78 is 5.49. The van der Waals surface area contributed by atoms with Gasteiger partial charge in [-0.1, -0.05) is 23.2 Å². The van der Waals surface area contributed by atoms with E-state index in [9.17, 15) is 0 Å². The van der Waals surface area contributed by atoms with Gasteiger partial charge in [-0.2, -0.15) is 0 Å². The molecular formula is C17H19Cl3O. The van der Waals surface area contributed by atoms with Gasteiger partial charge in [0.25, 0.3) is 0 Å². The van der Waals surface area contributed by atoms with Crippen LogP contribution in [0.25, 0.3) is 0 Å². The molecule has 0 spiro atoms. The second-order valence-corrected chi connectivity index (χ2v) is 7.99. The number of ether oxygens (including phenoxy) is 1. The fourth-order valence-electron chi connectivity index (χ4n) is 5.01. The van der Waals surface area contributed by atoms with Gasteiger partial charge in [-0.05, 0) is 67.4 Å². The molecule has 2 bridgehead atoms. The van der Waals surface area contributed by atoms with E-state index in [0.29, 0.717) is 28.3 Å². The van der Waals surface area contributed by atoms with Gasteiger partial charge in [-0.15, -0.1) is 11.6 Å². The lowest BCUT2D eigenvalue weighted by Crippen LogP contribution is -2.05. The molecule has 3 saturated carbocycles. The van der Waals surface area contributed by atoms with Crippen molar-refractivity contribution in [2.45, 2.75) is 31.6 Å². The highest BCUT2D eigenvalue weighted by molar-refractivity contribution is 6.35. The number of hydrogen-bond donors (Lipinski definition) is 0. The smallest absolute Gasteiger partial charge is 0.139 e. The van der Waals surface area contributed by atoms with Gasteiger partial charge in [-0.3, -0.25) is 0 Å². The molecular weight excluding hydrogens is 327 g/mol. The minimum absolute atomic E-state index is 0.0101. The molecule has 114 valence electrons. The van der Waals surface area contributed by atoms with Gasteiger partial charge in [0, 0.05) is 11.1 Å². The normalized spacial score (nSPS) is 37.4. The topological polar surface area (TPSA) is 9.23 Å². The van der Waals surface area contributed by atoms with E-state index in [1.807, 2.05) is 19.1 Å². The van der Waals surface area contributed by atoms with Crippen LogP contribution in [0.15, 0.2) is 12.1 Å². The molecule has 0 radical (unpaired) electrons. The first-order valence-corrected chi connectivity index (χ1v) is 9.06. The van der Waals surface area contributed by atoms with E-state index >= 15 is 0 Å². The van der Waals surface area contributed by atoms with Crippen molar-refractivity contribution < 1.29 is 4.74 Å². The van der Waals surface area contributed by atoms with Gasteiger partial charge in [0.15, 0.2) is 0 Å². The summed E-state index contributed by atoms with van der Waals surface area (Å²) >= 11 is 19.5. The molecule has 0 N–H and O–H groups in total. The maximum Gasteiger partial charge on any atom is 0.139 e. The van der Waals surface area contributed by atoms with Crippen molar-refractivity contribution in [1.82, 2.24) is 0 Å². The number of rotatable bonds is 4. The lowest BCUT2D eigenvalue weighted by Gasteiger charge is -2.17. The molecule has 3 aliphatic rings. The molecule has 3 fully saturated rings. The molecule has 0 aromatic heterocycles. The Morgan fingerprint density at radius 1 is 1.14 bits per heavy atom. The number of alkyl halides is 1. The van der Waals surface area contributed by atoms with Crippen LogP contribution in [0.3, 0.4) is 0 Å². The fraction of sp³-hybridized carbons (Fsp3) is 0.647. The summed E-state index contributed by atoms with van der Waals surface area (Å²) in [6, 6.07) is 3.72. The molecule has 4 rings (SSSR count). The summed E-state index contributed by atoms with van der Waals surface area (Å²) in [6.07, 6.45) is 4.25. The Labute approximate surface area is 140 Å². The van der Waals surface area contributed by atoms with Crippen molar-refractivity contribution in [2.24, 2.45) is 29.6 Å². The van der Waals surface area contributed by atoms with Gasteiger partial charge in [0.2, 0.25) is 0 Å². The lowest BCUT2D eigenvalue weighted by atomic mass is 9.97. The van der Waals surface area contributed by atoms with Crippen LogP contribution in [0, 0.1) is 29.6 Å². The molecule has 21 heavy (non-hydrogen) atoms. The first kappa shape index (κ1) is 14.5.